The molecule has 0 fully saturated rings. The molecular formula is C32H37N3O2. The summed E-state index contributed by atoms with van der Waals surface area (Å²) in [4.78, 5) is 17.1. The van der Waals surface area contributed by atoms with E-state index < -0.39 is 0 Å². The van der Waals surface area contributed by atoms with Gasteiger partial charge in [-0.05, 0) is 66.6 Å². The van der Waals surface area contributed by atoms with Gasteiger partial charge >= 0.3 is 0 Å². The third-order valence-corrected chi connectivity index (χ3v) is 6.71. The molecule has 1 aromatic heterocycles. The van der Waals surface area contributed by atoms with Gasteiger partial charge in [0, 0.05) is 25.6 Å². The summed E-state index contributed by atoms with van der Waals surface area (Å²) in [6, 6.07) is 26.5. The number of imidazole rings is 1. The van der Waals surface area contributed by atoms with Crippen molar-refractivity contribution in [1.82, 2.24) is 14.9 Å². The van der Waals surface area contributed by atoms with Crippen molar-refractivity contribution < 1.29 is 9.53 Å². The number of amides is 1. The first-order chi connectivity index (χ1) is 18.1. The van der Waals surface area contributed by atoms with Crippen LogP contribution in [0, 0.1) is 0 Å². The van der Waals surface area contributed by atoms with Gasteiger partial charge in [-0.1, -0.05) is 68.4 Å². The second-order valence-electron chi connectivity index (χ2n) is 9.39. The minimum absolute atomic E-state index is 0.0964. The van der Waals surface area contributed by atoms with Gasteiger partial charge in [0.25, 0.3) is 0 Å². The smallest absolute Gasteiger partial charge is 0.244 e. The van der Waals surface area contributed by atoms with Crippen LogP contribution in [0.15, 0.2) is 84.9 Å². The topological polar surface area (TPSA) is 56.1 Å². The maximum Gasteiger partial charge on any atom is 0.244 e. The molecule has 5 heteroatoms. The van der Waals surface area contributed by atoms with Crippen molar-refractivity contribution in [1.29, 1.82) is 0 Å². The number of hydrogen-bond acceptors (Lipinski definition) is 3. The molecule has 0 bridgehead atoms. The quantitative estimate of drug-likeness (QED) is 0.164. The zero-order chi connectivity index (χ0) is 25.9. The van der Waals surface area contributed by atoms with Crippen LogP contribution >= 0.6 is 0 Å². The van der Waals surface area contributed by atoms with E-state index in [2.05, 4.69) is 54.1 Å². The van der Waals surface area contributed by atoms with Crippen LogP contribution in [0.5, 0.6) is 5.75 Å². The van der Waals surface area contributed by atoms with Crippen molar-refractivity contribution in [2.75, 3.05) is 13.2 Å². The molecule has 0 aliphatic heterocycles. The average Bonchev–Trinajstić information content (AvgIpc) is 3.29. The predicted molar refractivity (Wildman–Crippen MR) is 152 cm³/mol. The fourth-order valence-corrected chi connectivity index (χ4v) is 4.35. The fraction of sp³-hybridized carbons (Fsp3) is 0.312. The number of nitrogens with one attached hydrogen (secondary N) is 1. The normalized spacial score (nSPS) is 12.2. The molecule has 192 valence electrons. The second kappa shape index (κ2) is 13.4. The Morgan fingerprint density at radius 2 is 1.76 bits per heavy atom. The molecule has 4 rings (SSSR count). The van der Waals surface area contributed by atoms with Crippen LogP contribution < -0.4 is 10.1 Å². The number of carbonyl (C=O) groups excluding carboxylic acids is 1. The summed E-state index contributed by atoms with van der Waals surface area (Å²) < 4.78 is 8.26. The summed E-state index contributed by atoms with van der Waals surface area (Å²) >= 11 is 0. The largest absolute Gasteiger partial charge is 0.494 e. The summed E-state index contributed by atoms with van der Waals surface area (Å²) in [6.07, 6.45) is 7.18. The highest BCUT2D eigenvalue weighted by molar-refractivity contribution is 5.91. The molecule has 0 saturated heterocycles. The van der Waals surface area contributed by atoms with E-state index in [9.17, 15) is 4.79 Å². The Balaban J connectivity index is 1.27. The molecular weight excluding hydrogens is 458 g/mol. The molecule has 1 unspecified atom stereocenters. The molecule has 1 amide bonds. The van der Waals surface area contributed by atoms with Gasteiger partial charge in [0.2, 0.25) is 5.91 Å². The van der Waals surface area contributed by atoms with Crippen LogP contribution in [0.25, 0.3) is 17.1 Å². The van der Waals surface area contributed by atoms with E-state index in [1.807, 2.05) is 54.6 Å². The maximum absolute atomic E-state index is 12.3. The molecule has 3 aromatic carbocycles. The highest BCUT2D eigenvalue weighted by atomic mass is 16.5. The molecule has 0 saturated carbocycles. The van der Waals surface area contributed by atoms with Crippen molar-refractivity contribution in [3.63, 3.8) is 0 Å². The first-order valence-corrected chi connectivity index (χ1v) is 13.3. The first kappa shape index (κ1) is 26.2. The number of benzene rings is 3. The zero-order valence-corrected chi connectivity index (χ0v) is 21.9. The van der Waals surface area contributed by atoms with Crippen LogP contribution in [0.3, 0.4) is 0 Å². The monoisotopic (exact) mass is 495 g/mol. The van der Waals surface area contributed by atoms with Crippen molar-refractivity contribution in [2.24, 2.45) is 0 Å². The average molecular weight is 496 g/mol. The number of nitrogens with zero attached hydrogens (tertiary/aromatic N) is 2. The van der Waals surface area contributed by atoms with Crippen molar-refractivity contribution >= 4 is 23.0 Å². The number of fused-ring (bicyclic) bond motifs is 1. The van der Waals surface area contributed by atoms with Gasteiger partial charge in [-0.2, -0.15) is 0 Å². The molecule has 0 spiro atoms. The van der Waals surface area contributed by atoms with Gasteiger partial charge in [-0.15, -0.1) is 0 Å². The van der Waals surface area contributed by atoms with E-state index in [0.29, 0.717) is 25.5 Å². The Morgan fingerprint density at radius 1 is 1.00 bits per heavy atom. The molecule has 1 atom stereocenters. The van der Waals surface area contributed by atoms with Crippen LogP contribution in [0.2, 0.25) is 0 Å². The molecule has 0 radical (unpaired) electrons. The van der Waals surface area contributed by atoms with Crippen LogP contribution in [-0.4, -0.2) is 28.6 Å². The summed E-state index contributed by atoms with van der Waals surface area (Å²) in [7, 11) is 0. The van der Waals surface area contributed by atoms with Crippen molar-refractivity contribution in [3.05, 3.63) is 102 Å². The maximum atomic E-state index is 12.3. The fourth-order valence-electron chi connectivity index (χ4n) is 4.35. The zero-order valence-electron chi connectivity index (χ0n) is 21.9. The van der Waals surface area contributed by atoms with E-state index >= 15 is 0 Å². The van der Waals surface area contributed by atoms with Crippen LogP contribution in [0.4, 0.5) is 0 Å². The third kappa shape index (κ3) is 7.56. The van der Waals surface area contributed by atoms with Gasteiger partial charge in [0.05, 0.1) is 17.6 Å². The molecule has 0 aliphatic carbocycles. The van der Waals surface area contributed by atoms with Crippen LogP contribution in [-0.2, 0) is 17.8 Å². The van der Waals surface area contributed by atoms with Gasteiger partial charge in [0.1, 0.15) is 11.6 Å². The van der Waals surface area contributed by atoms with E-state index in [1.165, 1.54) is 5.56 Å². The number of para-hydroxylation sites is 2. The predicted octanol–water partition coefficient (Wildman–Crippen LogP) is 6.78. The van der Waals surface area contributed by atoms with Gasteiger partial charge in [-0.3, -0.25) is 4.79 Å². The molecule has 0 aliphatic rings. The summed E-state index contributed by atoms with van der Waals surface area (Å²) in [6.45, 7) is 6.56. The highest BCUT2D eigenvalue weighted by Crippen LogP contribution is 2.22. The number of unbranched alkanes of at least 4 members (excludes halogenated alkanes) is 1. The minimum Gasteiger partial charge on any atom is -0.494 e. The summed E-state index contributed by atoms with van der Waals surface area (Å²) in [5, 5.41) is 2.98. The van der Waals surface area contributed by atoms with E-state index in [1.54, 1.807) is 6.08 Å². The number of rotatable bonds is 13. The van der Waals surface area contributed by atoms with E-state index in [-0.39, 0.29) is 5.91 Å². The number of aryl methyl sites for hydroxylation is 1. The molecule has 1 N–H and O–H groups in total. The Hall–Kier alpha value is -3.86. The molecule has 5 nitrogen and oxygen atoms in total. The molecule has 1 heterocycles. The molecule has 37 heavy (non-hydrogen) atoms. The summed E-state index contributed by atoms with van der Waals surface area (Å²) in [5.41, 5.74) is 4.49. The van der Waals surface area contributed by atoms with Crippen molar-refractivity contribution in [2.45, 2.75) is 52.0 Å². The minimum atomic E-state index is -0.0964. The Bertz CT molecular complexity index is 1290. The number of carbonyl (C=O) groups is 1. The Morgan fingerprint density at radius 3 is 2.54 bits per heavy atom. The lowest BCUT2D eigenvalue weighted by atomic mass is 9.99. The Labute approximate surface area is 220 Å². The highest BCUT2D eigenvalue weighted by Gasteiger charge is 2.10. The lowest BCUT2D eigenvalue weighted by Crippen LogP contribution is -2.24. The van der Waals surface area contributed by atoms with E-state index in [4.69, 9.17) is 9.72 Å². The molecule has 4 aromatic rings. The van der Waals surface area contributed by atoms with Crippen molar-refractivity contribution in [3.8, 4) is 5.75 Å². The first-order valence-electron chi connectivity index (χ1n) is 13.3. The number of aromatic nitrogens is 2. The lowest BCUT2D eigenvalue weighted by molar-refractivity contribution is -0.116. The van der Waals surface area contributed by atoms with Gasteiger partial charge in [-0.25, -0.2) is 4.98 Å². The standard InChI is InChI=1S/C32H37N3O2/c1-3-25(2)27-16-18-28(19-17-27)37-24-10-9-23-35-30-14-8-7-13-29(30)34-31(35)21-22-33-32(36)20-15-26-11-5-4-6-12-26/h4-8,11-20,25H,3,9-10,21-24H2,1-2H3,(H,33,36)/b20-15+. The number of ether oxygens (including phenoxy) is 1. The SMILES string of the molecule is CCC(C)c1ccc(OCCCCn2c(CCNC(=O)/C=C/c3ccccc3)nc3ccccc32)cc1. The van der Waals surface area contributed by atoms with Gasteiger partial charge in [0.15, 0.2) is 0 Å². The van der Waals surface area contributed by atoms with E-state index in [0.717, 1.165) is 54.0 Å². The lowest BCUT2D eigenvalue weighted by Gasteiger charge is -2.12. The summed E-state index contributed by atoms with van der Waals surface area (Å²) in [5.74, 6) is 2.40. The Kier molecular flexibility index (Phi) is 9.53. The number of hydrogen-bond donors (Lipinski definition) is 1. The third-order valence-electron chi connectivity index (χ3n) is 6.71. The van der Waals surface area contributed by atoms with Crippen LogP contribution in [0.1, 0.15) is 56.0 Å². The van der Waals surface area contributed by atoms with Gasteiger partial charge < -0.3 is 14.6 Å². The second-order valence-corrected chi connectivity index (χ2v) is 9.39.